The van der Waals surface area contributed by atoms with Gasteiger partial charge in [0.2, 0.25) is 5.91 Å². The fraction of sp³-hybridized carbons (Fsp3) is 0.167. The van der Waals surface area contributed by atoms with Gasteiger partial charge >= 0.3 is 0 Å². The van der Waals surface area contributed by atoms with Gasteiger partial charge in [-0.05, 0) is 30.3 Å². The highest BCUT2D eigenvalue weighted by atomic mass is 35.5. The molecule has 0 saturated carbocycles. The van der Waals surface area contributed by atoms with Crippen LogP contribution in [-0.2, 0) is 11.8 Å². The van der Waals surface area contributed by atoms with Crippen LogP contribution in [0.15, 0.2) is 47.6 Å². The van der Waals surface area contributed by atoms with Crippen molar-refractivity contribution < 1.29 is 9.53 Å². The molecule has 0 fully saturated rings. The Bertz CT molecular complexity index is 978. The largest absolute Gasteiger partial charge is 0.497 e. The highest BCUT2D eigenvalue weighted by molar-refractivity contribution is 7.99. The lowest BCUT2D eigenvalue weighted by atomic mass is 10.2. The maximum Gasteiger partial charge on any atom is 0.234 e. The Morgan fingerprint density at radius 1 is 1.19 bits per heavy atom. The van der Waals surface area contributed by atoms with Gasteiger partial charge in [0.25, 0.3) is 0 Å². The van der Waals surface area contributed by atoms with Crippen molar-refractivity contribution in [2.75, 3.05) is 18.2 Å². The van der Waals surface area contributed by atoms with Crippen LogP contribution in [0, 0.1) is 0 Å². The number of ether oxygens (including phenoxy) is 1. The molecular formula is C18H16Cl2N4O2S. The monoisotopic (exact) mass is 422 g/mol. The van der Waals surface area contributed by atoms with Gasteiger partial charge in [0.1, 0.15) is 5.75 Å². The van der Waals surface area contributed by atoms with E-state index in [0.29, 0.717) is 26.7 Å². The molecule has 3 aromatic rings. The van der Waals surface area contributed by atoms with E-state index in [1.807, 2.05) is 35.9 Å². The molecule has 0 radical (unpaired) electrons. The van der Waals surface area contributed by atoms with Crippen molar-refractivity contribution in [3.63, 3.8) is 0 Å². The number of thioether (sulfide) groups is 1. The molecule has 2 aromatic carbocycles. The molecular weight excluding hydrogens is 407 g/mol. The molecule has 0 spiro atoms. The normalized spacial score (nSPS) is 10.7. The molecule has 6 nitrogen and oxygen atoms in total. The van der Waals surface area contributed by atoms with Crippen molar-refractivity contribution >= 4 is 46.6 Å². The number of amides is 1. The number of rotatable bonds is 6. The highest BCUT2D eigenvalue weighted by Crippen LogP contribution is 2.27. The van der Waals surface area contributed by atoms with Crippen molar-refractivity contribution in [2.24, 2.45) is 7.05 Å². The summed E-state index contributed by atoms with van der Waals surface area (Å²) in [6.45, 7) is 0. The smallest absolute Gasteiger partial charge is 0.234 e. The van der Waals surface area contributed by atoms with Gasteiger partial charge in [-0.15, -0.1) is 10.2 Å². The van der Waals surface area contributed by atoms with Gasteiger partial charge in [-0.2, -0.15) is 0 Å². The number of benzene rings is 2. The topological polar surface area (TPSA) is 69.0 Å². The minimum Gasteiger partial charge on any atom is -0.497 e. The van der Waals surface area contributed by atoms with E-state index in [9.17, 15) is 4.79 Å². The molecule has 0 aliphatic rings. The van der Waals surface area contributed by atoms with Crippen molar-refractivity contribution in [2.45, 2.75) is 5.16 Å². The first-order valence-corrected chi connectivity index (χ1v) is 9.63. The molecule has 0 saturated heterocycles. The molecule has 0 aliphatic carbocycles. The molecule has 0 aliphatic heterocycles. The number of hydrogen-bond acceptors (Lipinski definition) is 5. The SMILES string of the molecule is COc1cccc(-c2nnc(SCC(=O)Nc3ccc(Cl)c(Cl)c3)n2C)c1. The summed E-state index contributed by atoms with van der Waals surface area (Å²) in [4.78, 5) is 12.2. The zero-order chi connectivity index (χ0) is 19.4. The number of carbonyl (C=O) groups is 1. The van der Waals surface area contributed by atoms with Gasteiger partial charge in [-0.25, -0.2) is 0 Å². The van der Waals surface area contributed by atoms with Crippen molar-refractivity contribution in [3.05, 3.63) is 52.5 Å². The standard InChI is InChI=1S/C18H16Cl2N4O2S/c1-24-17(11-4-3-5-13(8-11)26-2)22-23-18(24)27-10-16(25)21-12-6-7-14(19)15(20)9-12/h3-9H,10H2,1-2H3,(H,21,25). The third-order valence-electron chi connectivity index (χ3n) is 3.70. The fourth-order valence-corrected chi connectivity index (χ4v) is 3.36. The molecule has 0 bridgehead atoms. The second-order valence-electron chi connectivity index (χ2n) is 5.56. The molecule has 3 rings (SSSR count). The van der Waals surface area contributed by atoms with Gasteiger partial charge in [0, 0.05) is 18.3 Å². The quantitative estimate of drug-likeness (QED) is 0.590. The highest BCUT2D eigenvalue weighted by Gasteiger charge is 2.14. The molecule has 0 unspecified atom stereocenters. The molecule has 1 N–H and O–H groups in total. The number of aromatic nitrogens is 3. The number of carbonyl (C=O) groups excluding carboxylic acids is 1. The number of hydrogen-bond donors (Lipinski definition) is 1. The summed E-state index contributed by atoms with van der Waals surface area (Å²) in [5.74, 6) is 1.45. The minimum absolute atomic E-state index is 0.177. The summed E-state index contributed by atoms with van der Waals surface area (Å²) in [6, 6.07) is 12.5. The first-order valence-electron chi connectivity index (χ1n) is 7.89. The number of halogens is 2. The van der Waals surface area contributed by atoms with Crippen LogP contribution in [-0.4, -0.2) is 33.5 Å². The van der Waals surface area contributed by atoms with Crippen LogP contribution in [0.2, 0.25) is 10.0 Å². The van der Waals surface area contributed by atoms with E-state index in [0.717, 1.165) is 11.3 Å². The number of anilines is 1. The molecule has 27 heavy (non-hydrogen) atoms. The molecule has 1 amide bonds. The Balaban J connectivity index is 1.65. The van der Waals surface area contributed by atoms with Crippen molar-refractivity contribution in [3.8, 4) is 17.1 Å². The summed E-state index contributed by atoms with van der Waals surface area (Å²) in [5, 5.41) is 12.6. The van der Waals surface area contributed by atoms with Gasteiger partial charge in [-0.1, -0.05) is 47.1 Å². The Morgan fingerprint density at radius 3 is 2.74 bits per heavy atom. The lowest BCUT2D eigenvalue weighted by Crippen LogP contribution is -2.14. The van der Waals surface area contributed by atoms with Crippen LogP contribution in [0.1, 0.15) is 0 Å². The van der Waals surface area contributed by atoms with E-state index in [1.54, 1.807) is 25.3 Å². The van der Waals surface area contributed by atoms with Crippen molar-refractivity contribution in [1.82, 2.24) is 14.8 Å². The first kappa shape index (κ1) is 19.5. The van der Waals surface area contributed by atoms with Crippen LogP contribution < -0.4 is 10.1 Å². The van der Waals surface area contributed by atoms with E-state index in [1.165, 1.54) is 11.8 Å². The Morgan fingerprint density at radius 2 is 2.00 bits per heavy atom. The summed E-state index contributed by atoms with van der Waals surface area (Å²) < 4.78 is 7.08. The third-order valence-corrected chi connectivity index (χ3v) is 5.46. The summed E-state index contributed by atoms with van der Waals surface area (Å²) in [6.07, 6.45) is 0. The third kappa shape index (κ3) is 4.74. The number of nitrogens with one attached hydrogen (secondary N) is 1. The Labute approximate surface area is 170 Å². The molecule has 1 heterocycles. The van der Waals surface area contributed by atoms with Gasteiger partial charge in [0.15, 0.2) is 11.0 Å². The lowest BCUT2D eigenvalue weighted by Gasteiger charge is -2.07. The van der Waals surface area contributed by atoms with Gasteiger partial charge in [0.05, 0.1) is 22.9 Å². The zero-order valence-electron chi connectivity index (χ0n) is 14.6. The number of methoxy groups -OCH3 is 1. The van der Waals surface area contributed by atoms with E-state index in [-0.39, 0.29) is 11.7 Å². The minimum atomic E-state index is -0.177. The van der Waals surface area contributed by atoms with Crippen LogP contribution in [0.25, 0.3) is 11.4 Å². The Hall–Kier alpha value is -2.22. The van der Waals surface area contributed by atoms with Crippen LogP contribution in [0.4, 0.5) is 5.69 Å². The molecule has 0 atom stereocenters. The average Bonchev–Trinajstić information content (AvgIpc) is 3.03. The second-order valence-corrected chi connectivity index (χ2v) is 7.32. The fourth-order valence-electron chi connectivity index (χ4n) is 2.36. The predicted octanol–water partition coefficient (Wildman–Crippen LogP) is 4.53. The van der Waals surface area contributed by atoms with Crippen LogP contribution in [0.5, 0.6) is 5.75 Å². The van der Waals surface area contributed by atoms with Crippen molar-refractivity contribution in [1.29, 1.82) is 0 Å². The lowest BCUT2D eigenvalue weighted by molar-refractivity contribution is -0.113. The first-order chi connectivity index (χ1) is 13.0. The summed E-state index contributed by atoms with van der Waals surface area (Å²) in [7, 11) is 3.47. The maximum atomic E-state index is 12.2. The van der Waals surface area contributed by atoms with E-state index < -0.39 is 0 Å². The van der Waals surface area contributed by atoms with Crippen LogP contribution in [0.3, 0.4) is 0 Å². The van der Waals surface area contributed by atoms with Crippen LogP contribution >= 0.6 is 35.0 Å². The average molecular weight is 423 g/mol. The summed E-state index contributed by atoms with van der Waals surface area (Å²) >= 11 is 13.1. The Kier molecular flexibility index (Phi) is 6.26. The molecule has 1 aromatic heterocycles. The predicted molar refractivity (Wildman–Crippen MR) is 109 cm³/mol. The van der Waals surface area contributed by atoms with Gasteiger partial charge in [-0.3, -0.25) is 4.79 Å². The van der Waals surface area contributed by atoms with E-state index >= 15 is 0 Å². The van der Waals surface area contributed by atoms with Gasteiger partial charge < -0.3 is 14.6 Å². The zero-order valence-corrected chi connectivity index (χ0v) is 16.9. The van der Waals surface area contributed by atoms with E-state index in [2.05, 4.69) is 15.5 Å². The molecule has 9 heteroatoms. The summed E-state index contributed by atoms with van der Waals surface area (Å²) in [5.41, 5.74) is 1.47. The maximum absolute atomic E-state index is 12.2. The second kappa shape index (κ2) is 8.65. The van der Waals surface area contributed by atoms with E-state index in [4.69, 9.17) is 27.9 Å². The molecule has 140 valence electrons. The number of nitrogens with zero attached hydrogens (tertiary/aromatic N) is 3.